The van der Waals surface area contributed by atoms with E-state index in [1.54, 1.807) is 0 Å². The lowest BCUT2D eigenvalue weighted by atomic mass is 9.95. The minimum atomic E-state index is -5.24. The van der Waals surface area contributed by atoms with Crippen LogP contribution in [0.25, 0.3) is 0 Å². The molecule has 0 fully saturated rings. The van der Waals surface area contributed by atoms with Gasteiger partial charge in [-0.1, -0.05) is 0 Å². The lowest BCUT2D eigenvalue weighted by molar-refractivity contribution is -0.162. The van der Waals surface area contributed by atoms with E-state index in [1.807, 2.05) is 0 Å². The monoisotopic (exact) mass is 270 g/mol. The molecule has 0 saturated heterocycles. The van der Waals surface area contributed by atoms with Crippen LogP contribution in [0.1, 0.15) is 34.0 Å². The SMILES string of the molecule is CC(=O)c1cc(C)cc(C(F)(F)F)c1C(F)(F)F. The molecule has 0 bridgehead atoms. The molecule has 0 aliphatic rings. The molecule has 0 spiro atoms. The van der Waals surface area contributed by atoms with Crippen LogP contribution >= 0.6 is 0 Å². The highest BCUT2D eigenvalue weighted by Gasteiger charge is 2.45. The first-order valence-electron chi connectivity index (χ1n) is 4.74. The number of hydrogen-bond donors (Lipinski definition) is 0. The van der Waals surface area contributed by atoms with E-state index in [9.17, 15) is 31.1 Å². The standard InChI is InChI=1S/C11H8F6O/c1-5-3-7(6(2)18)9(11(15,16)17)8(4-5)10(12,13)14/h3-4H,1-2H3. The molecule has 1 aromatic carbocycles. The van der Waals surface area contributed by atoms with Crippen LogP contribution in [0.5, 0.6) is 0 Å². The zero-order valence-electron chi connectivity index (χ0n) is 9.33. The number of benzene rings is 1. The van der Waals surface area contributed by atoms with Crippen molar-refractivity contribution in [3.8, 4) is 0 Å². The van der Waals surface area contributed by atoms with E-state index in [1.165, 1.54) is 6.92 Å². The average Bonchev–Trinajstić information content (AvgIpc) is 2.12. The van der Waals surface area contributed by atoms with Crippen LogP contribution < -0.4 is 0 Å². The van der Waals surface area contributed by atoms with Crippen LogP contribution in [0.15, 0.2) is 12.1 Å². The first kappa shape index (κ1) is 14.5. The molecule has 18 heavy (non-hydrogen) atoms. The average molecular weight is 270 g/mol. The Morgan fingerprint density at radius 3 is 1.83 bits per heavy atom. The van der Waals surface area contributed by atoms with Crippen molar-refractivity contribution in [2.24, 2.45) is 0 Å². The number of aryl methyl sites for hydroxylation is 1. The van der Waals surface area contributed by atoms with Crippen molar-refractivity contribution < 1.29 is 31.1 Å². The highest BCUT2D eigenvalue weighted by atomic mass is 19.4. The van der Waals surface area contributed by atoms with Gasteiger partial charge in [0.25, 0.3) is 0 Å². The summed E-state index contributed by atoms with van der Waals surface area (Å²) in [5.41, 5.74) is -4.77. The number of alkyl halides is 6. The van der Waals surface area contributed by atoms with Crippen LogP contribution in [-0.2, 0) is 12.4 Å². The Hall–Kier alpha value is -1.53. The second-order valence-electron chi connectivity index (χ2n) is 3.79. The molecule has 1 aromatic rings. The van der Waals surface area contributed by atoms with E-state index in [-0.39, 0.29) is 5.56 Å². The fraction of sp³-hybridized carbons (Fsp3) is 0.364. The molecule has 0 aliphatic heterocycles. The summed E-state index contributed by atoms with van der Waals surface area (Å²) in [5, 5.41) is 0. The fourth-order valence-electron chi connectivity index (χ4n) is 1.59. The van der Waals surface area contributed by atoms with Gasteiger partial charge in [-0.2, -0.15) is 26.3 Å². The molecular weight excluding hydrogens is 262 g/mol. The topological polar surface area (TPSA) is 17.1 Å². The van der Waals surface area contributed by atoms with Crippen molar-refractivity contribution >= 4 is 5.78 Å². The van der Waals surface area contributed by atoms with Gasteiger partial charge in [-0.15, -0.1) is 0 Å². The molecule has 0 radical (unpaired) electrons. The minimum absolute atomic E-state index is 0.0551. The van der Waals surface area contributed by atoms with Gasteiger partial charge in [-0.25, -0.2) is 0 Å². The first-order chi connectivity index (χ1) is 7.94. The second-order valence-corrected chi connectivity index (χ2v) is 3.79. The molecule has 0 heterocycles. The Labute approximate surface area is 98.4 Å². The summed E-state index contributed by atoms with van der Waals surface area (Å²) in [6, 6.07) is 1.19. The molecule has 1 nitrogen and oxygen atoms in total. The van der Waals surface area contributed by atoms with Gasteiger partial charge in [-0.3, -0.25) is 4.79 Å². The van der Waals surface area contributed by atoms with Crippen LogP contribution in [0.2, 0.25) is 0 Å². The molecule has 1 rings (SSSR count). The second kappa shape index (κ2) is 4.29. The Kier molecular flexibility index (Phi) is 3.47. The van der Waals surface area contributed by atoms with E-state index in [0.717, 1.165) is 13.0 Å². The number of hydrogen-bond acceptors (Lipinski definition) is 1. The summed E-state index contributed by atoms with van der Waals surface area (Å²) >= 11 is 0. The molecule has 0 saturated carbocycles. The number of ketones is 1. The summed E-state index contributed by atoms with van der Waals surface area (Å²) in [7, 11) is 0. The van der Waals surface area contributed by atoms with Crippen molar-refractivity contribution in [1.82, 2.24) is 0 Å². The lowest BCUT2D eigenvalue weighted by Gasteiger charge is -2.19. The smallest absolute Gasteiger partial charge is 0.294 e. The zero-order chi connectivity index (χ0) is 14.3. The van der Waals surface area contributed by atoms with Crippen LogP contribution in [0, 0.1) is 6.92 Å². The highest BCUT2D eigenvalue weighted by molar-refractivity contribution is 5.96. The van der Waals surface area contributed by atoms with Crippen molar-refractivity contribution in [1.29, 1.82) is 0 Å². The van der Waals surface area contributed by atoms with Gasteiger partial charge in [0.05, 0.1) is 11.1 Å². The van der Waals surface area contributed by atoms with Gasteiger partial charge in [0.2, 0.25) is 0 Å². The number of rotatable bonds is 1. The van der Waals surface area contributed by atoms with Crippen molar-refractivity contribution in [2.75, 3.05) is 0 Å². The van der Waals surface area contributed by atoms with Crippen LogP contribution in [0.3, 0.4) is 0 Å². The molecule has 7 heteroatoms. The number of carbonyl (C=O) groups is 1. The summed E-state index contributed by atoms with van der Waals surface area (Å²) in [6.45, 7) is 1.99. The van der Waals surface area contributed by atoms with E-state index in [4.69, 9.17) is 0 Å². The Balaban J connectivity index is 3.76. The van der Waals surface area contributed by atoms with Gasteiger partial charge in [0.1, 0.15) is 0 Å². The normalized spacial score (nSPS) is 12.7. The Morgan fingerprint density at radius 1 is 1.00 bits per heavy atom. The zero-order valence-corrected chi connectivity index (χ0v) is 9.33. The van der Waals surface area contributed by atoms with Crippen molar-refractivity contribution in [3.63, 3.8) is 0 Å². The van der Waals surface area contributed by atoms with Gasteiger partial charge in [0.15, 0.2) is 5.78 Å². The van der Waals surface area contributed by atoms with Crippen LogP contribution in [-0.4, -0.2) is 5.78 Å². The van der Waals surface area contributed by atoms with Gasteiger partial charge in [-0.05, 0) is 31.5 Å². The molecule has 0 atom stereocenters. The third-order valence-electron chi connectivity index (χ3n) is 2.25. The molecule has 0 unspecified atom stereocenters. The van der Waals surface area contributed by atoms with E-state index >= 15 is 0 Å². The predicted molar refractivity (Wildman–Crippen MR) is 51.2 cm³/mol. The van der Waals surface area contributed by atoms with Gasteiger partial charge in [0, 0.05) is 5.56 Å². The molecule has 0 amide bonds. The first-order valence-corrected chi connectivity index (χ1v) is 4.74. The number of Topliss-reactive ketones (excluding diaryl/α,β-unsaturated/α-hetero) is 1. The Morgan fingerprint density at radius 2 is 1.50 bits per heavy atom. The van der Waals surface area contributed by atoms with E-state index < -0.39 is 34.8 Å². The molecule has 0 N–H and O–H groups in total. The predicted octanol–water partition coefficient (Wildman–Crippen LogP) is 4.24. The lowest BCUT2D eigenvalue weighted by Crippen LogP contribution is -2.20. The largest absolute Gasteiger partial charge is 0.417 e. The van der Waals surface area contributed by atoms with Crippen molar-refractivity contribution in [3.05, 3.63) is 34.4 Å². The Bertz CT molecular complexity index is 484. The maximum atomic E-state index is 12.7. The maximum Gasteiger partial charge on any atom is 0.417 e. The molecule has 0 aliphatic carbocycles. The molecular formula is C11H8F6O. The van der Waals surface area contributed by atoms with Gasteiger partial charge >= 0.3 is 12.4 Å². The van der Waals surface area contributed by atoms with Gasteiger partial charge < -0.3 is 0 Å². The summed E-state index contributed by atoms with van der Waals surface area (Å²) in [5.74, 6) is -1.06. The van der Waals surface area contributed by atoms with E-state index in [0.29, 0.717) is 6.07 Å². The molecule has 0 aromatic heterocycles. The van der Waals surface area contributed by atoms with Crippen molar-refractivity contribution in [2.45, 2.75) is 26.2 Å². The number of halogens is 6. The fourth-order valence-corrected chi connectivity index (χ4v) is 1.59. The van der Waals surface area contributed by atoms with Crippen LogP contribution in [0.4, 0.5) is 26.3 Å². The minimum Gasteiger partial charge on any atom is -0.294 e. The quantitative estimate of drug-likeness (QED) is 0.551. The molecule has 100 valence electrons. The maximum absolute atomic E-state index is 12.7. The van der Waals surface area contributed by atoms with E-state index in [2.05, 4.69) is 0 Å². The third kappa shape index (κ3) is 2.83. The summed E-state index contributed by atoms with van der Waals surface area (Å²) < 4.78 is 75.8. The summed E-state index contributed by atoms with van der Waals surface area (Å²) in [4.78, 5) is 11.1. The third-order valence-corrected chi connectivity index (χ3v) is 2.25. The highest BCUT2D eigenvalue weighted by Crippen LogP contribution is 2.42. The summed E-state index contributed by atoms with van der Waals surface area (Å²) in [6.07, 6.45) is -10.4. The number of carbonyl (C=O) groups excluding carboxylic acids is 1.